The summed E-state index contributed by atoms with van der Waals surface area (Å²) in [5, 5.41) is 7.64. The van der Waals surface area contributed by atoms with Gasteiger partial charge in [-0.25, -0.2) is 0 Å². The number of hydrogen-bond donors (Lipinski definition) is 3. The fourth-order valence-corrected chi connectivity index (χ4v) is 3.98. The molecule has 0 spiro atoms. The molecule has 1 saturated heterocycles. The van der Waals surface area contributed by atoms with Crippen molar-refractivity contribution in [2.75, 3.05) is 13.1 Å². The smallest absolute Gasteiger partial charge is 0.251 e. The van der Waals surface area contributed by atoms with Crippen LogP contribution in [0.1, 0.15) is 40.2 Å². The Labute approximate surface area is 159 Å². The summed E-state index contributed by atoms with van der Waals surface area (Å²) in [6.07, 6.45) is 1.97. The van der Waals surface area contributed by atoms with E-state index in [1.54, 1.807) is 0 Å². The monoisotopic (exact) mass is 362 g/mol. The lowest BCUT2D eigenvalue weighted by Gasteiger charge is -2.23. The summed E-state index contributed by atoms with van der Waals surface area (Å²) in [7, 11) is 0. The number of amides is 1. The Bertz CT molecular complexity index is 979. The van der Waals surface area contributed by atoms with Crippen LogP contribution in [0.4, 0.5) is 0 Å². The van der Waals surface area contributed by atoms with Crippen LogP contribution in [0.3, 0.4) is 0 Å². The van der Waals surface area contributed by atoms with Crippen molar-refractivity contribution in [2.45, 2.75) is 39.7 Å². The number of H-pyrrole nitrogens is 1. The number of benzene rings is 1. The minimum absolute atomic E-state index is 0.00760. The fraction of sp³-hybridized carbons (Fsp3) is 0.364. The minimum Gasteiger partial charge on any atom is -0.354 e. The number of carbonyl (C=O) groups excluding carboxylic acids is 1. The van der Waals surface area contributed by atoms with Crippen LogP contribution in [0.2, 0.25) is 0 Å². The van der Waals surface area contributed by atoms with Gasteiger partial charge >= 0.3 is 0 Å². The van der Waals surface area contributed by atoms with Crippen LogP contribution < -0.4 is 10.6 Å². The maximum atomic E-state index is 12.7. The summed E-state index contributed by atoms with van der Waals surface area (Å²) in [4.78, 5) is 20.6. The molecule has 0 atom stereocenters. The van der Waals surface area contributed by atoms with Gasteiger partial charge in [0.2, 0.25) is 0 Å². The highest BCUT2D eigenvalue weighted by Gasteiger charge is 2.18. The Morgan fingerprint density at radius 1 is 1.07 bits per heavy atom. The molecule has 4 rings (SSSR count). The molecule has 0 aliphatic carbocycles. The quantitative estimate of drug-likeness (QED) is 0.666. The molecule has 1 amide bonds. The van der Waals surface area contributed by atoms with Gasteiger partial charge in [0.1, 0.15) is 0 Å². The average molecular weight is 362 g/mol. The molecule has 1 fully saturated rings. The van der Waals surface area contributed by atoms with E-state index >= 15 is 0 Å². The zero-order valence-corrected chi connectivity index (χ0v) is 16.1. The number of hydrogen-bond acceptors (Lipinski definition) is 3. The number of aromatic amines is 1. The van der Waals surface area contributed by atoms with Gasteiger partial charge in [-0.1, -0.05) is 6.07 Å². The number of pyridine rings is 1. The van der Waals surface area contributed by atoms with Gasteiger partial charge in [-0.2, -0.15) is 0 Å². The molecule has 0 unspecified atom stereocenters. The van der Waals surface area contributed by atoms with Gasteiger partial charge in [0.15, 0.2) is 0 Å². The normalized spacial score (nSPS) is 15.2. The third-order valence-corrected chi connectivity index (χ3v) is 5.36. The first kappa shape index (κ1) is 17.7. The second kappa shape index (κ2) is 7.16. The van der Waals surface area contributed by atoms with Gasteiger partial charge in [0, 0.05) is 45.2 Å². The number of nitrogens with zero attached hydrogens (tertiary/aromatic N) is 1. The molecule has 1 aliphatic heterocycles. The zero-order chi connectivity index (χ0) is 19.0. The van der Waals surface area contributed by atoms with Crippen molar-refractivity contribution >= 4 is 16.8 Å². The Morgan fingerprint density at radius 2 is 1.78 bits per heavy atom. The van der Waals surface area contributed by atoms with Gasteiger partial charge in [0.05, 0.1) is 0 Å². The van der Waals surface area contributed by atoms with Crippen LogP contribution in [-0.2, 0) is 0 Å². The molecule has 27 heavy (non-hydrogen) atoms. The highest BCUT2D eigenvalue weighted by Crippen LogP contribution is 2.30. The van der Waals surface area contributed by atoms with Crippen molar-refractivity contribution in [1.29, 1.82) is 0 Å². The Kier molecular flexibility index (Phi) is 4.70. The third-order valence-electron chi connectivity index (χ3n) is 5.36. The Morgan fingerprint density at radius 3 is 2.48 bits per heavy atom. The molecule has 1 aromatic carbocycles. The standard InChI is InChI=1S/C22H26N4O/c1-13-10-17(11-14(2)24-13)21-15(3)19-5-4-16(12-20(19)26-21)22(27)25-18-6-8-23-9-7-18/h4-5,10-12,18,23,26H,6-9H2,1-3H3,(H,25,27). The predicted octanol–water partition coefficient (Wildman–Crippen LogP) is 3.64. The van der Waals surface area contributed by atoms with Gasteiger partial charge in [0.25, 0.3) is 5.91 Å². The van der Waals surface area contributed by atoms with E-state index in [2.05, 4.69) is 39.7 Å². The van der Waals surface area contributed by atoms with Gasteiger partial charge in [-0.15, -0.1) is 0 Å². The van der Waals surface area contributed by atoms with Crippen molar-refractivity contribution in [3.05, 3.63) is 52.8 Å². The number of piperidine rings is 1. The van der Waals surface area contributed by atoms with E-state index in [0.29, 0.717) is 5.56 Å². The first-order valence-corrected chi connectivity index (χ1v) is 9.61. The van der Waals surface area contributed by atoms with E-state index in [4.69, 9.17) is 0 Å². The fourth-order valence-electron chi connectivity index (χ4n) is 3.98. The van der Waals surface area contributed by atoms with Gasteiger partial charge in [-0.05, 0) is 76.5 Å². The molecule has 0 radical (unpaired) electrons. The van der Waals surface area contributed by atoms with Crippen LogP contribution in [0.15, 0.2) is 30.3 Å². The summed E-state index contributed by atoms with van der Waals surface area (Å²) in [6.45, 7) is 8.07. The summed E-state index contributed by atoms with van der Waals surface area (Å²) >= 11 is 0. The predicted molar refractivity (Wildman–Crippen MR) is 109 cm³/mol. The van der Waals surface area contributed by atoms with E-state index in [-0.39, 0.29) is 11.9 Å². The molecule has 3 aromatic rings. The summed E-state index contributed by atoms with van der Waals surface area (Å²) in [5.41, 5.74) is 7.13. The van der Waals surface area contributed by atoms with E-state index in [9.17, 15) is 4.79 Å². The van der Waals surface area contributed by atoms with E-state index in [0.717, 1.165) is 59.5 Å². The molecule has 3 N–H and O–H groups in total. The van der Waals surface area contributed by atoms with Gasteiger partial charge < -0.3 is 15.6 Å². The highest BCUT2D eigenvalue weighted by molar-refractivity contribution is 6.00. The summed E-state index contributed by atoms with van der Waals surface area (Å²) in [5.74, 6) is 0.00760. The van der Waals surface area contributed by atoms with Crippen LogP contribution >= 0.6 is 0 Å². The lowest BCUT2D eigenvalue weighted by atomic mass is 10.0. The molecule has 0 saturated carbocycles. The van der Waals surface area contributed by atoms with Crippen molar-refractivity contribution in [3.63, 3.8) is 0 Å². The molecule has 2 aromatic heterocycles. The van der Waals surface area contributed by atoms with E-state index in [1.165, 1.54) is 5.56 Å². The third kappa shape index (κ3) is 3.60. The lowest BCUT2D eigenvalue weighted by molar-refractivity contribution is 0.0929. The number of fused-ring (bicyclic) bond motifs is 1. The molecule has 3 heterocycles. The minimum atomic E-state index is 0.00760. The molecule has 1 aliphatic rings. The van der Waals surface area contributed by atoms with Crippen LogP contribution in [0.25, 0.3) is 22.2 Å². The van der Waals surface area contributed by atoms with Crippen molar-refractivity contribution in [1.82, 2.24) is 20.6 Å². The zero-order valence-electron chi connectivity index (χ0n) is 16.1. The van der Waals surface area contributed by atoms with E-state index in [1.807, 2.05) is 32.0 Å². The molecule has 140 valence electrons. The van der Waals surface area contributed by atoms with Crippen LogP contribution in [0, 0.1) is 20.8 Å². The SMILES string of the molecule is Cc1cc(-c2[nH]c3cc(C(=O)NC4CCNCC4)ccc3c2C)cc(C)n1. The Hall–Kier alpha value is -2.66. The lowest BCUT2D eigenvalue weighted by Crippen LogP contribution is -2.42. The van der Waals surface area contributed by atoms with Crippen molar-refractivity contribution in [3.8, 4) is 11.3 Å². The van der Waals surface area contributed by atoms with Crippen molar-refractivity contribution in [2.24, 2.45) is 0 Å². The molecule has 5 nitrogen and oxygen atoms in total. The second-order valence-corrected chi connectivity index (χ2v) is 7.52. The largest absolute Gasteiger partial charge is 0.354 e. The number of rotatable bonds is 3. The summed E-state index contributed by atoms with van der Waals surface area (Å²) < 4.78 is 0. The van der Waals surface area contributed by atoms with E-state index < -0.39 is 0 Å². The van der Waals surface area contributed by atoms with Crippen LogP contribution in [-0.4, -0.2) is 35.0 Å². The maximum Gasteiger partial charge on any atom is 0.251 e. The average Bonchev–Trinajstić information content (AvgIpc) is 2.98. The molecule has 5 heteroatoms. The number of nitrogens with one attached hydrogen (secondary N) is 3. The number of aryl methyl sites for hydroxylation is 3. The number of carbonyl (C=O) groups is 1. The second-order valence-electron chi connectivity index (χ2n) is 7.52. The first-order valence-electron chi connectivity index (χ1n) is 9.61. The Balaban J connectivity index is 1.65. The molecular weight excluding hydrogens is 336 g/mol. The number of aromatic nitrogens is 2. The van der Waals surface area contributed by atoms with Gasteiger partial charge in [-0.3, -0.25) is 9.78 Å². The molecule has 0 bridgehead atoms. The maximum absolute atomic E-state index is 12.7. The van der Waals surface area contributed by atoms with Crippen molar-refractivity contribution < 1.29 is 4.79 Å². The highest BCUT2D eigenvalue weighted by atomic mass is 16.1. The first-order chi connectivity index (χ1) is 13.0. The summed E-state index contributed by atoms with van der Waals surface area (Å²) in [6, 6.07) is 10.4. The molecular formula is C22H26N4O. The van der Waals surface area contributed by atoms with Crippen LogP contribution in [0.5, 0.6) is 0 Å². The topological polar surface area (TPSA) is 69.8 Å².